The summed E-state index contributed by atoms with van der Waals surface area (Å²) in [5, 5.41) is 2.13. The predicted molar refractivity (Wildman–Crippen MR) is 87.1 cm³/mol. The molecular weight excluding hydrogens is 266 g/mol. The molecule has 0 aliphatic carbocycles. The van der Waals surface area contributed by atoms with Gasteiger partial charge in [0.1, 0.15) is 5.82 Å². The minimum atomic E-state index is 0.602. The number of aromatic nitrogens is 1. The Labute approximate surface area is 124 Å². The largest absolute Gasteiger partial charge is 0.368 e. The van der Waals surface area contributed by atoms with Crippen LogP contribution in [0.1, 0.15) is 25.3 Å². The predicted octanol–water partition coefficient (Wildman–Crippen LogP) is 3.59. The molecule has 0 atom stereocenters. The summed E-state index contributed by atoms with van der Waals surface area (Å²) < 4.78 is 0. The summed E-state index contributed by atoms with van der Waals surface area (Å²) in [6, 6.07) is 9.03. The van der Waals surface area contributed by atoms with Gasteiger partial charge in [-0.1, -0.05) is 26.0 Å². The Balaban J connectivity index is 1.63. The first kappa shape index (κ1) is 13.4. The molecule has 1 aliphatic heterocycles. The second-order valence-corrected chi connectivity index (χ2v) is 6.29. The van der Waals surface area contributed by atoms with Gasteiger partial charge >= 0.3 is 0 Å². The summed E-state index contributed by atoms with van der Waals surface area (Å²) in [5.41, 5.74) is 4.66. The van der Waals surface area contributed by atoms with E-state index in [1.807, 2.05) is 5.51 Å². The number of piperazine rings is 1. The second kappa shape index (κ2) is 5.83. The quantitative estimate of drug-likeness (QED) is 0.860. The molecule has 0 amide bonds. The van der Waals surface area contributed by atoms with Crippen LogP contribution < -0.4 is 9.80 Å². The summed E-state index contributed by atoms with van der Waals surface area (Å²) in [4.78, 5) is 9.23. The molecule has 0 unspecified atom stereocenters. The highest BCUT2D eigenvalue weighted by Gasteiger charge is 2.18. The van der Waals surface area contributed by atoms with Crippen molar-refractivity contribution in [2.45, 2.75) is 19.8 Å². The highest BCUT2D eigenvalue weighted by molar-refractivity contribution is 7.07. The standard InChI is InChI=1S/C16H21N3S/c1-13(2)14-3-5-15(6-4-14)18-7-9-19(10-8-18)16-11-20-12-17-16/h3-6,11-13H,7-10H2,1-2H3. The van der Waals surface area contributed by atoms with Gasteiger partial charge in [0.2, 0.25) is 0 Å². The Kier molecular flexibility index (Phi) is 3.92. The minimum absolute atomic E-state index is 0.602. The molecule has 3 rings (SSSR count). The monoisotopic (exact) mass is 287 g/mol. The number of anilines is 2. The van der Waals surface area contributed by atoms with Crippen molar-refractivity contribution in [1.82, 2.24) is 4.98 Å². The molecular formula is C16H21N3S. The fourth-order valence-electron chi connectivity index (χ4n) is 2.63. The van der Waals surface area contributed by atoms with Gasteiger partial charge in [-0.05, 0) is 23.6 Å². The first-order valence-electron chi connectivity index (χ1n) is 7.22. The molecule has 1 aromatic carbocycles. The highest BCUT2D eigenvalue weighted by atomic mass is 32.1. The Morgan fingerprint density at radius 3 is 2.20 bits per heavy atom. The van der Waals surface area contributed by atoms with Crippen molar-refractivity contribution >= 4 is 22.8 Å². The lowest BCUT2D eigenvalue weighted by molar-refractivity contribution is 0.648. The molecule has 1 saturated heterocycles. The van der Waals surface area contributed by atoms with Crippen molar-refractivity contribution in [3.63, 3.8) is 0 Å². The van der Waals surface area contributed by atoms with E-state index in [2.05, 4.69) is 58.3 Å². The van der Waals surface area contributed by atoms with E-state index in [1.165, 1.54) is 11.3 Å². The van der Waals surface area contributed by atoms with Crippen molar-refractivity contribution in [3.8, 4) is 0 Å². The Morgan fingerprint density at radius 1 is 1.00 bits per heavy atom. The van der Waals surface area contributed by atoms with Gasteiger partial charge in [0, 0.05) is 37.2 Å². The fourth-order valence-corrected chi connectivity index (χ4v) is 3.19. The number of rotatable bonds is 3. The van der Waals surface area contributed by atoms with Crippen molar-refractivity contribution in [2.75, 3.05) is 36.0 Å². The maximum Gasteiger partial charge on any atom is 0.139 e. The zero-order valence-electron chi connectivity index (χ0n) is 12.1. The third kappa shape index (κ3) is 2.80. The van der Waals surface area contributed by atoms with Crippen LogP contribution in [0.5, 0.6) is 0 Å². The number of hydrogen-bond acceptors (Lipinski definition) is 4. The van der Waals surface area contributed by atoms with Crippen molar-refractivity contribution in [3.05, 3.63) is 40.7 Å². The summed E-state index contributed by atoms with van der Waals surface area (Å²) in [6.45, 7) is 8.71. The second-order valence-electron chi connectivity index (χ2n) is 5.57. The van der Waals surface area contributed by atoms with Gasteiger partial charge in [-0.15, -0.1) is 11.3 Å². The lowest BCUT2D eigenvalue weighted by atomic mass is 10.0. The molecule has 4 heteroatoms. The Morgan fingerprint density at radius 2 is 1.65 bits per heavy atom. The van der Waals surface area contributed by atoms with E-state index in [0.717, 1.165) is 32.0 Å². The zero-order valence-corrected chi connectivity index (χ0v) is 12.9. The lowest BCUT2D eigenvalue weighted by Crippen LogP contribution is -2.46. The number of hydrogen-bond donors (Lipinski definition) is 0. The average Bonchev–Trinajstić information content (AvgIpc) is 3.02. The third-order valence-electron chi connectivity index (χ3n) is 3.95. The van der Waals surface area contributed by atoms with Crippen LogP contribution in [0.15, 0.2) is 35.2 Å². The summed E-state index contributed by atoms with van der Waals surface area (Å²) in [6.07, 6.45) is 0. The maximum absolute atomic E-state index is 4.39. The normalized spacial score (nSPS) is 15.9. The Hall–Kier alpha value is -1.55. The molecule has 0 bridgehead atoms. The molecule has 106 valence electrons. The smallest absolute Gasteiger partial charge is 0.139 e. The van der Waals surface area contributed by atoms with Crippen LogP contribution in [0.3, 0.4) is 0 Å². The van der Waals surface area contributed by atoms with Crippen LogP contribution in [-0.4, -0.2) is 31.2 Å². The zero-order chi connectivity index (χ0) is 13.9. The van der Waals surface area contributed by atoms with E-state index in [4.69, 9.17) is 0 Å². The molecule has 0 spiro atoms. The van der Waals surface area contributed by atoms with Gasteiger partial charge < -0.3 is 9.80 Å². The maximum atomic E-state index is 4.39. The van der Waals surface area contributed by atoms with Crippen LogP contribution in [0.2, 0.25) is 0 Å². The van der Waals surface area contributed by atoms with Gasteiger partial charge in [-0.25, -0.2) is 4.98 Å². The van der Waals surface area contributed by atoms with Crippen molar-refractivity contribution in [2.24, 2.45) is 0 Å². The van der Waals surface area contributed by atoms with Gasteiger partial charge in [0.25, 0.3) is 0 Å². The third-order valence-corrected chi connectivity index (χ3v) is 4.52. The van der Waals surface area contributed by atoms with E-state index >= 15 is 0 Å². The van der Waals surface area contributed by atoms with E-state index in [0.29, 0.717) is 5.92 Å². The van der Waals surface area contributed by atoms with Crippen LogP contribution >= 0.6 is 11.3 Å². The molecule has 0 saturated carbocycles. The van der Waals surface area contributed by atoms with E-state index in [-0.39, 0.29) is 0 Å². The van der Waals surface area contributed by atoms with Crippen molar-refractivity contribution in [1.29, 1.82) is 0 Å². The SMILES string of the molecule is CC(C)c1ccc(N2CCN(c3cscn3)CC2)cc1. The number of benzene rings is 1. The topological polar surface area (TPSA) is 19.4 Å². The number of nitrogens with zero attached hydrogens (tertiary/aromatic N) is 3. The van der Waals surface area contributed by atoms with E-state index < -0.39 is 0 Å². The van der Waals surface area contributed by atoms with E-state index in [9.17, 15) is 0 Å². The minimum Gasteiger partial charge on any atom is -0.368 e. The van der Waals surface area contributed by atoms with Crippen LogP contribution in [0.25, 0.3) is 0 Å². The van der Waals surface area contributed by atoms with Crippen LogP contribution in [-0.2, 0) is 0 Å². The molecule has 20 heavy (non-hydrogen) atoms. The van der Waals surface area contributed by atoms with E-state index in [1.54, 1.807) is 11.3 Å². The van der Waals surface area contributed by atoms with Crippen LogP contribution in [0.4, 0.5) is 11.5 Å². The van der Waals surface area contributed by atoms with Gasteiger partial charge in [-0.3, -0.25) is 0 Å². The highest BCUT2D eigenvalue weighted by Crippen LogP contribution is 2.22. The average molecular weight is 287 g/mol. The molecule has 0 N–H and O–H groups in total. The van der Waals surface area contributed by atoms with Crippen LogP contribution in [0, 0.1) is 0 Å². The molecule has 2 heterocycles. The molecule has 1 aromatic heterocycles. The molecule has 2 aromatic rings. The first-order valence-corrected chi connectivity index (χ1v) is 8.16. The molecule has 1 fully saturated rings. The first-order chi connectivity index (χ1) is 9.74. The fraction of sp³-hybridized carbons (Fsp3) is 0.438. The summed E-state index contributed by atoms with van der Waals surface area (Å²) in [5.74, 6) is 1.73. The molecule has 1 aliphatic rings. The number of thiazole rings is 1. The van der Waals surface area contributed by atoms with Crippen molar-refractivity contribution < 1.29 is 0 Å². The molecule has 3 nitrogen and oxygen atoms in total. The van der Waals surface area contributed by atoms with Gasteiger partial charge in [0.05, 0.1) is 5.51 Å². The Bertz CT molecular complexity index is 525. The lowest BCUT2D eigenvalue weighted by Gasteiger charge is -2.36. The summed E-state index contributed by atoms with van der Waals surface area (Å²) >= 11 is 1.67. The van der Waals surface area contributed by atoms with Gasteiger partial charge in [-0.2, -0.15) is 0 Å². The molecule has 0 radical (unpaired) electrons. The summed E-state index contributed by atoms with van der Waals surface area (Å²) in [7, 11) is 0. The van der Waals surface area contributed by atoms with Gasteiger partial charge in [0.15, 0.2) is 0 Å².